The Balaban J connectivity index is 2.70. The summed E-state index contributed by atoms with van der Waals surface area (Å²) in [5.41, 5.74) is 8.65. The van der Waals surface area contributed by atoms with Crippen LogP contribution in [0.15, 0.2) is 33.9 Å². The molecule has 0 aliphatic heterocycles. The number of halogens is 1. The molecule has 0 saturated carbocycles. The van der Waals surface area contributed by atoms with E-state index in [9.17, 15) is 10.2 Å². The Morgan fingerprint density at radius 2 is 1.93 bits per heavy atom. The molecule has 0 radical (unpaired) electrons. The lowest BCUT2D eigenvalue weighted by Crippen LogP contribution is -2.20. The summed E-state index contributed by atoms with van der Waals surface area (Å²) in [7, 11) is 0. The first-order valence-corrected chi connectivity index (χ1v) is 5.07. The summed E-state index contributed by atoms with van der Waals surface area (Å²) >= 11 is 3.26. The van der Waals surface area contributed by atoms with E-state index in [0.717, 1.165) is 4.47 Å². The van der Waals surface area contributed by atoms with Crippen LogP contribution in [0.5, 0.6) is 0 Å². The van der Waals surface area contributed by atoms with E-state index in [1.54, 1.807) is 24.3 Å². The van der Waals surface area contributed by atoms with Crippen LogP contribution < -0.4 is 0 Å². The third kappa shape index (κ3) is 3.53. The van der Waals surface area contributed by atoms with Gasteiger partial charge in [0.25, 0.3) is 0 Å². The Hall–Kier alpha value is -1.07. The number of aliphatic hydroxyl groups excluding tert-OH is 2. The molecular weight excluding hydrogens is 262 g/mol. The van der Waals surface area contributed by atoms with Gasteiger partial charge in [0.1, 0.15) is 6.10 Å². The van der Waals surface area contributed by atoms with Crippen LogP contribution in [0.2, 0.25) is 0 Å². The molecule has 80 valence electrons. The molecule has 0 fully saturated rings. The monoisotopic (exact) mass is 271 g/mol. The first kappa shape index (κ1) is 12.0. The molecule has 0 heterocycles. The molecule has 0 bridgehead atoms. The summed E-state index contributed by atoms with van der Waals surface area (Å²) < 4.78 is 0.892. The van der Waals surface area contributed by atoms with E-state index < -0.39 is 12.2 Å². The van der Waals surface area contributed by atoms with Gasteiger partial charge in [-0.3, -0.25) is 0 Å². The summed E-state index contributed by atoms with van der Waals surface area (Å²) in [5.74, 6) is 0. The molecule has 6 heteroatoms. The van der Waals surface area contributed by atoms with E-state index in [2.05, 4.69) is 26.0 Å². The average Bonchev–Trinajstić information content (AvgIpc) is 2.26. The van der Waals surface area contributed by atoms with Crippen LogP contribution in [0.25, 0.3) is 10.4 Å². The van der Waals surface area contributed by atoms with Gasteiger partial charge in [-0.25, -0.2) is 0 Å². The molecule has 0 aliphatic rings. The molecule has 1 aromatic rings. The molecule has 1 rings (SSSR count). The van der Waals surface area contributed by atoms with Gasteiger partial charge in [-0.05, 0) is 23.2 Å². The second-order valence-corrected chi connectivity index (χ2v) is 3.89. The van der Waals surface area contributed by atoms with Crippen molar-refractivity contribution in [3.63, 3.8) is 0 Å². The van der Waals surface area contributed by atoms with Crippen molar-refractivity contribution in [2.45, 2.75) is 12.2 Å². The van der Waals surface area contributed by atoms with Gasteiger partial charge in [0.15, 0.2) is 0 Å². The lowest BCUT2D eigenvalue weighted by molar-refractivity contribution is 0.0244. The van der Waals surface area contributed by atoms with Crippen molar-refractivity contribution in [2.75, 3.05) is 6.54 Å². The van der Waals surface area contributed by atoms with Gasteiger partial charge in [0.2, 0.25) is 0 Å². The fraction of sp³-hybridized carbons (Fsp3) is 0.333. The smallest absolute Gasteiger partial charge is 0.105 e. The minimum Gasteiger partial charge on any atom is -0.390 e. The van der Waals surface area contributed by atoms with Crippen LogP contribution in [0.1, 0.15) is 11.7 Å². The predicted octanol–water partition coefficient (Wildman–Crippen LogP) is 2.15. The minimum atomic E-state index is -1.08. The number of hydrogen-bond acceptors (Lipinski definition) is 3. The van der Waals surface area contributed by atoms with E-state index in [1.165, 1.54) is 0 Å². The molecule has 1 aromatic carbocycles. The van der Waals surface area contributed by atoms with E-state index in [-0.39, 0.29) is 6.54 Å². The standard InChI is InChI=1S/C9H10BrN3O2/c10-7-3-1-6(2-4-7)9(15)8(14)5-12-13-11/h1-4,8-9,14-15H,5H2. The Kier molecular flexibility index (Phi) is 4.58. The van der Waals surface area contributed by atoms with Crippen LogP contribution in [-0.2, 0) is 0 Å². The number of rotatable bonds is 4. The molecule has 0 aliphatic carbocycles. The van der Waals surface area contributed by atoms with Crippen LogP contribution in [0, 0.1) is 0 Å². The largest absolute Gasteiger partial charge is 0.390 e. The number of hydrogen-bond donors (Lipinski definition) is 2. The molecule has 0 amide bonds. The quantitative estimate of drug-likeness (QED) is 0.499. The zero-order chi connectivity index (χ0) is 11.3. The van der Waals surface area contributed by atoms with Gasteiger partial charge in [0.05, 0.1) is 12.6 Å². The third-order valence-corrected chi connectivity index (χ3v) is 2.44. The topological polar surface area (TPSA) is 89.2 Å². The maximum Gasteiger partial charge on any atom is 0.105 e. The van der Waals surface area contributed by atoms with Crippen LogP contribution in [0.3, 0.4) is 0 Å². The average molecular weight is 272 g/mol. The third-order valence-electron chi connectivity index (χ3n) is 1.91. The van der Waals surface area contributed by atoms with Crippen molar-refractivity contribution in [3.8, 4) is 0 Å². The molecule has 15 heavy (non-hydrogen) atoms. The fourth-order valence-corrected chi connectivity index (χ4v) is 1.37. The molecule has 0 aromatic heterocycles. The van der Waals surface area contributed by atoms with Crippen LogP contribution in [0.4, 0.5) is 0 Å². The van der Waals surface area contributed by atoms with E-state index in [4.69, 9.17) is 5.53 Å². The van der Waals surface area contributed by atoms with Crippen molar-refractivity contribution < 1.29 is 10.2 Å². The summed E-state index contributed by atoms with van der Waals surface area (Å²) in [4.78, 5) is 2.51. The highest BCUT2D eigenvalue weighted by Crippen LogP contribution is 2.19. The molecule has 0 saturated heterocycles. The maximum absolute atomic E-state index is 9.66. The molecule has 2 N–H and O–H groups in total. The van der Waals surface area contributed by atoms with Crippen molar-refractivity contribution >= 4 is 15.9 Å². The first-order valence-electron chi connectivity index (χ1n) is 4.27. The minimum absolute atomic E-state index is 0.145. The highest BCUT2D eigenvalue weighted by molar-refractivity contribution is 9.10. The lowest BCUT2D eigenvalue weighted by atomic mass is 10.1. The van der Waals surface area contributed by atoms with Gasteiger partial charge < -0.3 is 10.2 Å². The summed E-state index contributed by atoms with van der Waals surface area (Å²) in [5, 5.41) is 22.3. The molecule has 2 unspecified atom stereocenters. The predicted molar refractivity (Wildman–Crippen MR) is 59.1 cm³/mol. The maximum atomic E-state index is 9.66. The fourth-order valence-electron chi connectivity index (χ4n) is 1.10. The van der Waals surface area contributed by atoms with Gasteiger partial charge >= 0.3 is 0 Å². The van der Waals surface area contributed by atoms with Gasteiger partial charge in [0, 0.05) is 9.38 Å². The summed E-state index contributed by atoms with van der Waals surface area (Å²) in [6, 6.07) is 6.90. The molecular formula is C9H10BrN3O2. The van der Waals surface area contributed by atoms with Crippen LogP contribution in [-0.4, -0.2) is 22.9 Å². The molecule has 5 nitrogen and oxygen atoms in total. The molecule has 2 atom stereocenters. The highest BCUT2D eigenvalue weighted by Gasteiger charge is 2.16. The lowest BCUT2D eigenvalue weighted by Gasteiger charge is -2.15. The highest BCUT2D eigenvalue weighted by atomic mass is 79.9. The van der Waals surface area contributed by atoms with E-state index in [1.807, 2.05) is 0 Å². The Bertz CT molecular complexity index is 362. The van der Waals surface area contributed by atoms with E-state index in [0.29, 0.717) is 5.56 Å². The Morgan fingerprint density at radius 3 is 2.47 bits per heavy atom. The zero-order valence-corrected chi connectivity index (χ0v) is 9.37. The van der Waals surface area contributed by atoms with Gasteiger partial charge in [-0.15, -0.1) is 0 Å². The number of aliphatic hydroxyl groups is 2. The van der Waals surface area contributed by atoms with Gasteiger partial charge in [-0.2, -0.15) is 0 Å². The second-order valence-electron chi connectivity index (χ2n) is 2.98. The molecule has 0 spiro atoms. The number of nitrogens with zero attached hydrogens (tertiary/aromatic N) is 3. The zero-order valence-electron chi connectivity index (χ0n) is 7.79. The second kappa shape index (κ2) is 5.72. The summed E-state index contributed by atoms with van der Waals surface area (Å²) in [6.45, 7) is -0.145. The SMILES string of the molecule is [N-]=[N+]=NCC(O)C(O)c1ccc(Br)cc1. The van der Waals surface area contributed by atoms with Crippen LogP contribution >= 0.6 is 15.9 Å². The summed E-state index contributed by atoms with van der Waals surface area (Å²) in [6.07, 6.45) is -2.12. The van der Waals surface area contributed by atoms with Crippen molar-refractivity contribution in [2.24, 2.45) is 5.11 Å². The van der Waals surface area contributed by atoms with Crippen molar-refractivity contribution in [1.82, 2.24) is 0 Å². The normalized spacial score (nSPS) is 14.1. The van der Waals surface area contributed by atoms with Gasteiger partial charge in [-0.1, -0.05) is 33.2 Å². The number of benzene rings is 1. The van der Waals surface area contributed by atoms with Crippen molar-refractivity contribution in [3.05, 3.63) is 44.7 Å². The van der Waals surface area contributed by atoms with E-state index >= 15 is 0 Å². The number of azide groups is 1. The Morgan fingerprint density at radius 1 is 1.33 bits per heavy atom. The first-order chi connectivity index (χ1) is 7.15. The van der Waals surface area contributed by atoms with Crippen molar-refractivity contribution in [1.29, 1.82) is 0 Å². The Labute approximate surface area is 95.1 Å².